The highest BCUT2D eigenvalue weighted by molar-refractivity contribution is 9.10. The average molecular weight is 271 g/mol. The van der Waals surface area contributed by atoms with Gasteiger partial charge in [-0.3, -0.25) is 9.48 Å². The molecule has 3 nitrogen and oxygen atoms in total. The van der Waals surface area contributed by atoms with Gasteiger partial charge in [0, 0.05) is 6.20 Å². The molecule has 2 aromatic heterocycles. The van der Waals surface area contributed by atoms with Gasteiger partial charge in [0.25, 0.3) is 0 Å². The second kappa shape index (κ2) is 4.06. The molecule has 5 heteroatoms. The summed E-state index contributed by atoms with van der Waals surface area (Å²) in [5.41, 5.74) is 0. The Morgan fingerprint density at radius 1 is 1.64 bits per heavy atom. The van der Waals surface area contributed by atoms with Crippen molar-refractivity contribution >= 4 is 33.0 Å². The molecule has 2 heterocycles. The summed E-state index contributed by atoms with van der Waals surface area (Å²) in [6.07, 6.45) is 3.45. The Morgan fingerprint density at radius 2 is 2.50 bits per heavy atom. The zero-order valence-corrected chi connectivity index (χ0v) is 9.59. The third-order valence-corrected chi connectivity index (χ3v) is 3.02. The second-order valence-electron chi connectivity index (χ2n) is 2.76. The molecule has 0 saturated carbocycles. The lowest BCUT2D eigenvalue weighted by atomic mass is 10.3. The zero-order valence-electron chi connectivity index (χ0n) is 7.18. The molecule has 0 aliphatic rings. The molecule has 0 radical (unpaired) electrons. The van der Waals surface area contributed by atoms with Crippen molar-refractivity contribution in [3.05, 3.63) is 39.3 Å². The minimum Gasteiger partial charge on any atom is -0.291 e. The number of hydrogen-bond donors (Lipinski definition) is 0. The van der Waals surface area contributed by atoms with E-state index in [2.05, 4.69) is 21.0 Å². The minimum absolute atomic E-state index is 0.0931. The monoisotopic (exact) mass is 270 g/mol. The van der Waals surface area contributed by atoms with Crippen LogP contribution in [-0.2, 0) is 6.54 Å². The number of Topliss-reactive ketones (excluding diaryl/α,β-unsaturated/α-hetero) is 1. The van der Waals surface area contributed by atoms with Crippen LogP contribution in [-0.4, -0.2) is 15.6 Å². The lowest BCUT2D eigenvalue weighted by molar-refractivity contribution is 0.0971. The number of ketones is 1. The Bertz CT molecular complexity index is 435. The van der Waals surface area contributed by atoms with E-state index in [1.165, 1.54) is 11.3 Å². The fraction of sp³-hybridized carbons (Fsp3) is 0.111. The average Bonchev–Trinajstić information content (AvgIpc) is 2.75. The molecule has 0 N–H and O–H groups in total. The molecule has 0 saturated heterocycles. The molecular formula is C9H7BrN2OS. The number of carbonyl (C=O) groups is 1. The fourth-order valence-corrected chi connectivity index (χ4v) is 2.07. The van der Waals surface area contributed by atoms with Gasteiger partial charge in [-0.25, -0.2) is 0 Å². The van der Waals surface area contributed by atoms with Crippen molar-refractivity contribution in [2.24, 2.45) is 0 Å². The molecule has 14 heavy (non-hydrogen) atoms. The number of thiophene rings is 1. The molecule has 0 unspecified atom stereocenters. The molecule has 72 valence electrons. The summed E-state index contributed by atoms with van der Waals surface area (Å²) in [5, 5.41) is 5.91. The van der Waals surface area contributed by atoms with Gasteiger partial charge in [-0.15, -0.1) is 11.3 Å². The van der Waals surface area contributed by atoms with Crippen molar-refractivity contribution in [1.82, 2.24) is 9.78 Å². The van der Waals surface area contributed by atoms with E-state index in [0.29, 0.717) is 6.54 Å². The highest BCUT2D eigenvalue weighted by atomic mass is 79.9. The van der Waals surface area contributed by atoms with Crippen LogP contribution in [0.15, 0.2) is 34.4 Å². The summed E-state index contributed by atoms with van der Waals surface area (Å²) in [4.78, 5) is 12.4. The number of nitrogens with zero attached hydrogens (tertiary/aromatic N) is 2. The first-order chi connectivity index (χ1) is 6.75. The molecular weight excluding hydrogens is 264 g/mol. The van der Waals surface area contributed by atoms with E-state index in [-0.39, 0.29) is 5.78 Å². The number of carbonyl (C=O) groups excluding carboxylic acids is 1. The first-order valence-electron chi connectivity index (χ1n) is 4.00. The number of rotatable bonds is 3. The molecule has 2 rings (SSSR count). The Labute approximate surface area is 93.5 Å². The fourth-order valence-electron chi connectivity index (χ4n) is 1.09. The van der Waals surface area contributed by atoms with Crippen molar-refractivity contribution in [3.63, 3.8) is 0 Å². The van der Waals surface area contributed by atoms with Gasteiger partial charge in [0.15, 0.2) is 5.78 Å². The van der Waals surface area contributed by atoms with E-state index < -0.39 is 0 Å². The van der Waals surface area contributed by atoms with Crippen LogP contribution in [0.25, 0.3) is 0 Å². The molecule has 2 aromatic rings. The Hall–Kier alpha value is -0.940. The molecule has 0 aliphatic carbocycles. The molecule has 0 fully saturated rings. The standard InChI is InChI=1S/C9H7BrN2OS/c10-7-4-11-12(5-7)6-8(13)9-2-1-3-14-9/h1-5H,6H2. The van der Waals surface area contributed by atoms with Crippen molar-refractivity contribution in [3.8, 4) is 0 Å². The van der Waals surface area contributed by atoms with E-state index in [4.69, 9.17) is 0 Å². The van der Waals surface area contributed by atoms with Gasteiger partial charge >= 0.3 is 0 Å². The van der Waals surface area contributed by atoms with Crippen LogP contribution in [0.3, 0.4) is 0 Å². The summed E-state index contributed by atoms with van der Waals surface area (Å²) in [6.45, 7) is 0.298. The SMILES string of the molecule is O=C(Cn1cc(Br)cn1)c1cccs1. The summed E-state index contributed by atoms with van der Waals surface area (Å²) in [5.74, 6) is 0.0931. The van der Waals surface area contributed by atoms with Gasteiger partial charge in [0.05, 0.1) is 15.5 Å². The Morgan fingerprint density at radius 3 is 3.07 bits per heavy atom. The second-order valence-corrected chi connectivity index (χ2v) is 4.62. The first kappa shape index (κ1) is 9.61. The van der Waals surface area contributed by atoms with Crippen molar-refractivity contribution in [2.45, 2.75) is 6.54 Å². The van der Waals surface area contributed by atoms with E-state index in [9.17, 15) is 4.79 Å². The van der Waals surface area contributed by atoms with Crippen LogP contribution in [0.5, 0.6) is 0 Å². The maximum absolute atomic E-state index is 11.6. The Balaban J connectivity index is 2.09. The van der Waals surface area contributed by atoms with Crippen LogP contribution in [0.2, 0.25) is 0 Å². The van der Waals surface area contributed by atoms with Crippen LogP contribution in [0.1, 0.15) is 9.67 Å². The van der Waals surface area contributed by atoms with Crippen LogP contribution >= 0.6 is 27.3 Å². The largest absolute Gasteiger partial charge is 0.291 e. The predicted octanol–water partition coefficient (Wildman–Crippen LogP) is 2.59. The number of halogens is 1. The van der Waals surface area contributed by atoms with Crippen molar-refractivity contribution in [1.29, 1.82) is 0 Å². The normalized spacial score (nSPS) is 10.4. The van der Waals surface area contributed by atoms with Gasteiger partial charge in [-0.2, -0.15) is 5.10 Å². The van der Waals surface area contributed by atoms with E-state index in [0.717, 1.165) is 9.35 Å². The number of hydrogen-bond acceptors (Lipinski definition) is 3. The lowest BCUT2D eigenvalue weighted by Crippen LogP contribution is -2.09. The quantitative estimate of drug-likeness (QED) is 0.804. The van der Waals surface area contributed by atoms with Crippen LogP contribution < -0.4 is 0 Å². The van der Waals surface area contributed by atoms with Gasteiger partial charge in [0.1, 0.15) is 6.54 Å². The van der Waals surface area contributed by atoms with Gasteiger partial charge < -0.3 is 0 Å². The predicted molar refractivity (Wildman–Crippen MR) is 58.6 cm³/mol. The molecule has 0 amide bonds. The topological polar surface area (TPSA) is 34.9 Å². The first-order valence-corrected chi connectivity index (χ1v) is 5.67. The molecule has 0 aliphatic heterocycles. The smallest absolute Gasteiger partial charge is 0.194 e. The highest BCUT2D eigenvalue weighted by Crippen LogP contribution is 2.11. The third kappa shape index (κ3) is 2.10. The lowest BCUT2D eigenvalue weighted by Gasteiger charge is -1.97. The summed E-state index contributed by atoms with van der Waals surface area (Å²) >= 11 is 4.73. The minimum atomic E-state index is 0.0931. The molecule has 0 spiro atoms. The van der Waals surface area contributed by atoms with Crippen LogP contribution in [0.4, 0.5) is 0 Å². The molecule has 0 bridgehead atoms. The summed E-state index contributed by atoms with van der Waals surface area (Å²) in [6, 6.07) is 3.70. The summed E-state index contributed by atoms with van der Waals surface area (Å²) < 4.78 is 2.50. The molecule has 0 aromatic carbocycles. The van der Waals surface area contributed by atoms with E-state index in [1.807, 2.05) is 17.5 Å². The molecule has 0 atom stereocenters. The van der Waals surface area contributed by atoms with E-state index in [1.54, 1.807) is 17.1 Å². The highest BCUT2D eigenvalue weighted by Gasteiger charge is 2.07. The van der Waals surface area contributed by atoms with Crippen molar-refractivity contribution < 1.29 is 4.79 Å². The Kier molecular flexibility index (Phi) is 2.79. The van der Waals surface area contributed by atoms with Gasteiger partial charge in [-0.1, -0.05) is 6.07 Å². The number of aromatic nitrogens is 2. The van der Waals surface area contributed by atoms with Gasteiger partial charge in [0.2, 0.25) is 0 Å². The summed E-state index contributed by atoms with van der Waals surface area (Å²) in [7, 11) is 0. The zero-order chi connectivity index (χ0) is 9.97. The van der Waals surface area contributed by atoms with Crippen LogP contribution in [0, 0.1) is 0 Å². The van der Waals surface area contributed by atoms with Gasteiger partial charge in [-0.05, 0) is 27.4 Å². The maximum atomic E-state index is 11.6. The van der Waals surface area contributed by atoms with Crippen molar-refractivity contribution in [2.75, 3.05) is 0 Å². The third-order valence-electron chi connectivity index (χ3n) is 1.70. The van der Waals surface area contributed by atoms with E-state index >= 15 is 0 Å². The maximum Gasteiger partial charge on any atom is 0.194 e.